The van der Waals surface area contributed by atoms with Crippen LogP contribution in [0.25, 0.3) is 0 Å². The summed E-state index contributed by atoms with van der Waals surface area (Å²) in [5.74, 6) is -0.875. The van der Waals surface area contributed by atoms with Crippen molar-refractivity contribution in [2.45, 2.75) is 32.2 Å². The first-order valence-electron chi connectivity index (χ1n) is 8.72. The molecular weight excluding hydrogens is 449 g/mol. The molecule has 2 amide bonds. The number of halogens is 1. The molecule has 0 bridgehead atoms. The van der Waals surface area contributed by atoms with Gasteiger partial charge in [0.15, 0.2) is 0 Å². The number of amides is 2. The topological polar surface area (TPSA) is 87.7 Å². The third kappa shape index (κ3) is 6.56. The summed E-state index contributed by atoms with van der Waals surface area (Å²) in [5, 5.41) is 5.56. The van der Waals surface area contributed by atoms with E-state index < -0.39 is 12.0 Å². The van der Waals surface area contributed by atoms with Crippen molar-refractivity contribution in [3.05, 3.63) is 27.8 Å². The lowest BCUT2D eigenvalue weighted by Crippen LogP contribution is -2.57. The molecular formula is C18H24IN3O4. The number of rotatable bonds is 8. The Hall–Kier alpha value is -1.68. The van der Waals surface area contributed by atoms with Crippen molar-refractivity contribution in [1.82, 2.24) is 10.2 Å². The van der Waals surface area contributed by atoms with Crippen molar-refractivity contribution in [3.8, 4) is 0 Å². The number of anilines is 1. The first-order valence-corrected chi connectivity index (χ1v) is 9.80. The summed E-state index contributed by atoms with van der Waals surface area (Å²) in [6.07, 6.45) is 1.68. The summed E-state index contributed by atoms with van der Waals surface area (Å²) >= 11 is 2.19. The van der Waals surface area contributed by atoms with Crippen LogP contribution < -0.4 is 10.6 Å². The second-order valence-electron chi connectivity index (χ2n) is 6.11. The maximum atomic E-state index is 12.3. The van der Waals surface area contributed by atoms with E-state index in [1.807, 2.05) is 31.2 Å². The highest BCUT2D eigenvalue weighted by Crippen LogP contribution is 2.13. The molecule has 1 saturated heterocycles. The molecule has 2 N–H and O–H groups in total. The number of piperazine rings is 1. The van der Waals surface area contributed by atoms with Gasteiger partial charge in [-0.25, -0.2) is 0 Å². The first kappa shape index (κ1) is 20.6. The summed E-state index contributed by atoms with van der Waals surface area (Å²) in [7, 11) is 0. The molecule has 8 heteroatoms. The number of hydrogen-bond donors (Lipinski definition) is 2. The SMILES string of the molecule is CCCCOC(=O)CC1C(=O)NCCN1CC(=O)Nc1ccc(I)cc1. The number of nitrogens with zero attached hydrogens (tertiary/aromatic N) is 1. The molecule has 1 aliphatic rings. The zero-order valence-corrected chi connectivity index (χ0v) is 17.0. The monoisotopic (exact) mass is 473 g/mol. The lowest BCUT2D eigenvalue weighted by Gasteiger charge is -2.33. The molecule has 2 rings (SSSR count). The number of hydrogen-bond acceptors (Lipinski definition) is 5. The quantitative estimate of drug-likeness (QED) is 0.342. The van der Waals surface area contributed by atoms with Gasteiger partial charge >= 0.3 is 5.97 Å². The van der Waals surface area contributed by atoms with Crippen molar-refractivity contribution in [3.63, 3.8) is 0 Å². The molecule has 1 aliphatic heterocycles. The standard InChI is InChI=1S/C18H24IN3O4/c1-2-3-10-26-17(24)11-15-18(25)20-8-9-22(15)12-16(23)21-14-6-4-13(19)5-7-14/h4-7,15H,2-3,8-12H2,1H3,(H,20,25)(H,21,23). The molecule has 0 spiro atoms. The fourth-order valence-electron chi connectivity index (χ4n) is 2.64. The zero-order chi connectivity index (χ0) is 18.9. The molecule has 7 nitrogen and oxygen atoms in total. The number of nitrogens with one attached hydrogen (secondary N) is 2. The van der Waals surface area contributed by atoms with E-state index in [1.165, 1.54) is 0 Å². The van der Waals surface area contributed by atoms with Gasteiger partial charge in [0.1, 0.15) is 6.04 Å². The van der Waals surface area contributed by atoms with E-state index in [4.69, 9.17) is 4.74 Å². The Labute approximate surface area is 167 Å². The minimum absolute atomic E-state index is 0.0479. The maximum absolute atomic E-state index is 12.3. The number of ether oxygens (including phenoxy) is 1. The van der Waals surface area contributed by atoms with Gasteiger partial charge < -0.3 is 15.4 Å². The Morgan fingerprint density at radius 1 is 1.35 bits per heavy atom. The molecule has 0 radical (unpaired) electrons. The highest BCUT2D eigenvalue weighted by Gasteiger charge is 2.33. The van der Waals surface area contributed by atoms with Crippen LogP contribution in [-0.4, -0.2) is 55.0 Å². The molecule has 1 atom stereocenters. The van der Waals surface area contributed by atoms with Crippen LogP contribution in [0.1, 0.15) is 26.2 Å². The Morgan fingerprint density at radius 3 is 2.77 bits per heavy atom. The van der Waals surface area contributed by atoms with Crippen molar-refractivity contribution >= 4 is 46.1 Å². The lowest BCUT2D eigenvalue weighted by atomic mass is 10.1. The normalized spacial score (nSPS) is 17.5. The zero-order valence-electron chi connectivity index (χ0n) is 14.8. The Morgan fingerprint density at radius 2 is 2.08 bits per heavy atom. The Balaban J connectivity index is 1.91. The van der Waals surface area contributed by atoms with Crippen LogP contribution in [0, 0.1) is 3.57 Å². The van der Waals surface area contributed by atoms with Crippen molar-refractivity contribution in [2.75, 3.05) is 31.6 Å². The minimum Gasteiger partial charge on any atom is -0.466 e. The second-order valence-corrected chi connectivity index (χ2v) is 7.36. The van der Waals surface area contributed by atoms with E-state index in [0.29, 0.717) is 25.4 Å². The number of benzene rings is 1. The van der Waals surface area contributed by atoms with Gasteiger partial charge in [-0.05, 0) is 53.3 Å². The average molecular weight is 473 g/mol. The Kier molecular flexibility index (Phi) is 8.30. The summed E-state index contributed by atoms with van der Waals surface area (Å²) in [6, 6.07) is 6.77. The largest absolute Gasteiger partial charge is 0.466 e. The van der Waals surface area contributed by atoms with Crippen molar-refractivity contribution in [2.24, 2.45) is 0 Å². The maximum Gasteiger partial charge on any atom is 0.307 e. The third-order valence-electron chi connectivity index (χ3n) is 4.04. The molecule has 1 aromatic carbocycles. The van der Waals surface area contributed by atoms with E-state index in [2.05, 4.69) is 33.2 Å². The smallest absolute Gasteiger partial charge is 0.307 e. The van der Waals surface area contributed by atoms with Gasteiger partial charge in [-0.3, -0.25) is 19.3 Å². The predicted octanol–water partition coefficient (Wildman–Crippen LogP) is 1.76. The van der Waals surface area contributed by atoms with Crippen molar-refractivity contribution in [1.29, 1.82) is 0 Å². The van der Waals surface area contributed by atoms with E-state index in [-0.39, 0.29) is 24.8 Å². The van der Waals surface area contributed by atoms with Gasteiger partial charge in [0.25, 0.3) is 0 Å². The van der Waals surface area contributed by atoms with E-state index in [9.17, 15) is 14.4 Å². The molecule has 1 unspecified atom stereocenters. The number of carbonyl (C=O) groups excluding carboxylic acids is 3. The minimum atomic E-state index is -0.680. The van der Waals surface area contributed by atoms with Gasteiger partial charge in [-0.2, -0.15) is 0 Å². The molecule has 142 valence electrons. The van der Waals surface area contributed by atoms with E-state index in [0.717, 1.165) is 16.4 Å². The van der Waals surface area contributed by atoms with Gasteiger partial charge in [-0.1, -0.05) is 13.3 Å². The van der Waals surface area contributed by atoms with Crippen LogP contribution in [0.3, 0.4) is 0 Å². The first-order chi connectivity index (χ1) is 12.5. The summed E-state index contributed by atoms with van der Waals surface area (Å²) < 4.78 is 6.23. The van der Waals surface area contributed by atoms with Gasteiger partial charge in [0.2, 0.25) is 11.8 Å². The van der Waals surface area contributed by atoms with Gasteiger partial charge in [0, 0.05) is 22.3 Å². The fraction of sp³-hybridized carbons (Fsp3) is 0.500. The number of unbranched alkanes of at least 4 members (excludes halogenated alkanes) is 1. The van der Waals surface area contributed by atoms with Crippen LogP contribution >= 0.6 is 22.6 Å². The summed E-state index contributed by atoms with van der Waals surface area (Å²) in [5.41, 5.74) is 0.701. The van der Waals surface area contributed by atoms with Crippen LogP contribution in [0.5, 0.6) is 0 Å². The highest BCUT2D eigenvalue weighted by molar-refractivity contribution is 14.1. The summed E-state index contributed by atoms with van der Waals surface area (Å²) in [6.45, 7) is 3.38. The molecule has 1 fully saturated rings. The van der Waals surface area contributed by atoms with Crippen molar-refractivity contribution < 1.29 is 19.1 Å². The van der Waals surface area contributed by atoms with E-state index >= 15 is 0 Å². The predicted molar refractivity (Wildman–Crippen MR) is 107 cm³/mol. The van der Waals surface area contributed by atoms with Crippen LogP contribution in [-0.2, 0) is 19.1 Å². The average Bonchev–Trinajstić information content (AvgIpc) is 2.60. The number of carbonyl (C=O) groups is 3. The third-order valence-corrected chi connectivity index (χ3v) is 4.76. The molecule has 0 aromatic heterocycles. The van der Waals surface area contributed by atoms with Crippen LogP contribution in [0.2, 0.25) is 0 Å². The molecule has 0 aliphatic carbocycles. The molecule has 26 heavy (non-hydrogen) atoms. The fourth-order valence-corrected chi connectivity index (χ4v) is 3.00. The lowest BCUT2D eigenvalue weighted by molar-refractivity contribution is -0.149. The highest BCUT2D eigenvalue weighted by atomic mass is 127. The second kappa shape index (κ2) is 10.5. The molecule has 1 aromatic rings. The number of esters is 1. The van der Waals surface area contributed by atoms with Crippen LogP contribution in [0.15, 0.2) is 24.3 Å². The molecule has 0 saturated carbocycles. The van der Waals surface area contributed by atoms with E-state index in [1.54, 1.807) is 4.90 Å². The van der Waals surface area contributed by atoms with Gasteiger partial charge in [0.05, 0.1) is 19.6 Å². The van der Waals surface area contributed by atoms with Crippen LogP contribution in [0.4, 0.5) is 5.69 Å². The summed E-state index contributed by atoms with van der Waals surface area (Å²) in [4.78, 5) is 38.1. The molecule has 1 heterocycles. The Bertz CT molecular complexity index is 636. The van der Waals surface area contributed by atoms with Gasteiger partial charge in [-0.15, -0.1) is 0 Å².